The highest BCUT2D eigenvalue weighted by Crippen LogP contribution is 2.23. The molecule has 106 valence electrons. The van der Waals surface area contributed by atoms with Crippen LogP contribution in [0.15, 0.2) is 0 Å². The Bertz CT molecular complexity index is 270. The smallest absolute Gasteiger partial charge is 0.237 e. The van der Waals surface area contributed by atoms with Crippen LogP contribution >= 0.6 is 0 Å². The average Bonchev–Trinajstić information content (AvgIpc) is 2.38. The molecule has 1 rings (SSSR count). The third kappa shape index (κ3) is 3.95. The Morgan fingerprint density at radius 2 is 2.11 bits per heavy atom. The predicted molar refractivity (Wildman–Crippen MR) is 75.3 cm³/mol. The summed E-state index contributed by atoms with van der Waals surface area (Å²) in [5.74, 6) is 0.689. The quantitative estimate of drug-likeness (QED) is 0.779. The number of carbonyl (C=O) groups excluding carboxylic acids is 1. The molecule has 4 nitrogen and oxygen atoms in total. The van der Waals surface area contributed by atoms with Gasteiger partial charge in [0.25, 0.3) is 0 Å². The van der Waals surface area contributed by atoms with Crippen LogP contribution in [0.5, 0.6) is 0 Å². The highest BCUT2D eigenvalue weighted by Gasteiger charge is 2.31. The highest BCUT2D eigenvalue weighted by molar-refractivity contribution is 5.81. The van der Waals surface area contributed by atoms with Crippen molar-refractivity contribution in [2.45, 2.75) is 65.1 Å². The summed E-state index contributed by atoms with van der Waals surface area (Å²) < 4.78 is 0. The van der Waals surface area contributed by atoms with Crippen LogP contribution in [-0.2, 0) is 4.79 Å². The van der Waals surface area contributed by atoms with E-state index in [2.05, 4.69) is 24.1 Å². The molecular formula is C14H29N3O. The molecule has 0 aromatic heterocycles. The number of amides is 1. The second-order valence-electron chi connectivity index (χ2n) is 5.72. The minimum Gasteiger partial charge on any atom is -0.352 e. The van der Waals surface area contributed by atoms with Crippen LogP contribution < -0.4 is 11.1 Å². The van der Waals surface area contributed by atoms with E-state index in [4.69, 9.17) is 5.73 Å². The van der Waals surface area contributed by atoms with Gasteiger partial charge >= 0.3 is 0 Å². The second kappa shape index (κ2) is 7.10. The lowest BCUT2D eigenvalue weighted by molar-refractivity contribution is -0.128. The van der Waals surface area contributed by atoms with Gasteiger partial charge in [-0.05, 0) is 52.5 Å². The van der Waals surface area contributed by atoms with E-state index in [1.807, 2.05) is 13.8 Å². The van der Waals surface area contributed by atoms with E-state index in [1.54, 1.807) is 0 Å². The predicted octanol–water partition coefficient (Wildman–Crippen LogP) is 1.35. The molecule has 1 heterocycles. The molecule has 0 aromatic rings. The molecule has 3 N–H and O–H groups in total. The van der Waals surface area contributed by atoms with Gasteiger partial charge in [-0.1, -0.05) is 6.92 Å². The lowest BCUT2D eigenvalue weighted by atomic mass is 9.92. The van der Waals surface area contributed by atoms with Crippen LogP contribution in [-0.4, -0.2) is 42.0 Å². The number of hydrogen-bond donors (Lipinski definition) is 2. The first-order valence-electron chi connectivity index (χ1n) is 7.25. The van der Waals surface area contributed by atoms with Gasteiger partial charge in [-0.3, -0.25) is 9.69 Å². The number of nitrogens with one attached hydrogen (secondary N) is 1. The zero-order valence-electron chi connectivity index (χ0n) is 12.3. The van der Waals surface area contributed by atoms with Gasteiger partial charge < -0.3 is 11.1 Å². The standard InChI is InChI=1S/C14H29N3O/c1-5-10(2)16-14(18)12(4)17-9-13(8-15)7-6-11(17)3/h10-13H,5-9,15H2,1-4H3,(H,16,18). The lowest BCUT2D eigenvalue weighted by Gasteiger charge is -2.41. The molecule has 4 heteroatoms. The Kier molecular flexibility index (Phi) is 6.09. The first-order chi connectivity index (χ1) is 8.49. The highest BCUT2D eigenvalue weighted by atomic mass is 16.2. The van der Waals surface area contributed by atoms with Crippen molar-refractivity contribution in [3.63, 3.8) is 0 Å². The van der Waals surface area contributed by atoms with E-state index >= 15 is 0 Å². The third-order valence-corrected chi connectivity index (χ3v) is 4.24. The SMILES string of the molecule is CCC(C)NC(=O)C(C)N1CC(CN)CCC1C. The summed E-state index contributed by atoms with van der Waals surface area (Å²) in [4.78, 5) is 14.5. The molecule has 1 amide bonds. The lowest BCUT2D eigenvalue weighted by Crippen LogP contribution is -2.54. The zero-order chi connectivity index (χ0) is 13.7. The Labute approximate surface area is 111 Å². The van der Waals surface area contributed by atoms with Crippen molar-refractivity contribution >= 4 is 5.91 Å². The first kappa shape index (κ1) is 15.4. The maximum atomic E-state index is 12.2. The fraction of sp³-hybridized carbons (Fsp3) is 0.929. The van der Waals surface area contributed by atoms with Crippen molar-refractivity contribution in [3.8, 4) is 0 Å². The zero-order valence-corrected chi connectivity index (χ0v) is 12.3. The topological polar surface area (TPSA) is 58.4 Å². The number of hydrogen-bond acceptors (Lipinski definition) is 3. The maximum Gasteiger partial charge on any atom is 0.237 e. The molecule has 0 aromatic carbocycles. The van der Waals surface area contributed by atoms with Gasteiger partial charge in [0, 0.05) is 18.6 Å². The molecule has 0 aliphatic carbocycles. The average molecular weight is 255 g/mol. The summed E-state index contributed by atoms with van der Waals surface area (Å²) in [5.41, 5.74) is 5.76. The Hall–Kier alpha value is -0.610. The number of nitrogens with two attached hydrogens (primary N) is 1. The van der Waals surface area contributed by atoms with E-state index < -0.39 is 0 Å². The van der Waals surface area contributed by atoms with Crippen molar-refractivity contribution in [1.29, 1.82) is 0 Å². The van der Waals surface area contributed by atoms with E-state index in [1.165, 1.54) is 6.42 Å². The summed E-state index contributed by atoms with van der Waals surface area (Å²) in [6, 6.07) is 0.680. The number of piperidine rings is 1. The summed E-state index contributed by atoms with van der Waals surface area (Å²) >= 11 is 0. The molecule has 4 atom stereocenters. The molecule has 1 fully saturated rings. The first-order valence-corrected chi connectivity index (χ1v) is 7.25. The Balaban J connectivity index is 2.57. The number of rotatable bonds is 5. The largest absolute Gasteiger partial charge is 0.352 e. The van der Waals surface area contributed by atoms with Gasteiger partial charge in [0.1, 0.15) is 0 Å². The fourth-order valence-electron chi connectivity index (χ4n) is 2.56. The van der Waals surface area contributed by atoms with Crippen LogP contribution in [0.2, 0.25) is 0 Å². The molecule has 4 unspecified atom stereocenters. The van der Waals surface area contributed by atoms with Gasteiger partial charge in [0.15, 0.2) is 0 Å². The summed E-state index contributed by atoms with van der Waals surface area (Å²) in [5, 5.41) is 3.07. The van der Waals surface area contributed by atoms with Crippen LogP contribution in [0, 0.1) is 5.92 Å². The summed E-state index contributed by atoms with van der Waals surface area (Å²) in [6.07, 6.45) is 3.30. The monoisotopic (exact) mass is 255 g/mol. The number of likely N-dealkylation sites (tertiary alicyclic amines) is 1. The molecule has 18 heavy (non-hydrogen) atoms. The Morgan fingerprint density at radius 1 is 1.44 bits per heavy atom. The minimum absolute atomic E-state index is 0.0525. The normalized spacial score (nSPS) is 28.7. The number of carbonyl (C=O) groups is 1. The van der Waals surface area contributed by atoms with Crippen LogP contribution in [0.25, 0.3) is 0 Å². The van der Waals surface area contributed by atoms with Gasteiger partial charge in [-0.2, -0.15) is 0 Å². The van der Waals surface area contributed by atoms with Crippen molar-refractivity contribution in [3.05, 3.63) is 0 Å². The maximum absolute atomic E-state index is 12.2. The van der Waals surface area contributed by atoms with Gasteiger partial charge in [0.05, 0.1) is 6.04 Å². The van der Waals surface area contributed by atoms with Gasteiger partial charge in [-0.15, -0.1) is 0 Å². The third-order valence-electron chi connectivity index (χ3n) is 4.24. The van der Waals surface area contributed by atoms with Crippen LogP contribution in [0.1, 0.15) is 47.0 Å². The van der Waals surface area contributed by atoms with Crippen molar-refractivity contribution in [1.82, 2.24) is 10.2 Å². The van der Waals surface area contributed by atoms with Crippen LogP contribution in [0.4, 0.5) is 0 Å². The van der Waals surface area contributed by atoms with Crippen LogP contribution in [0.3, 0.4) is 0 Å². The summed E-state index contributed by atoms with van der Waals surface area (Å²) in [6.45, 7) is 10.0. The van der Waals surface area contributed by atoms with Crippen molar-refractivity contribution < 1.29 is 4.79 Å². The second-order valence-corrected chi connectivity index (χ2v) is 5.72. The van der Waals surface area contributed by atoms with Crippen molar-refractivity contribution in [2.75, 3.05) is 13.1 Å². The molecule has 1 saturated heterocycles. The van der Waals surface area contributed by atoms with Crippen molar-refractivity contribution in [2.24, 2.45) is 11.7 Å². The minimum atomic E-state index is -0.0525. The number of nitrogens with zero attached hydrogens (tertiary/aromatic N) is 1. The molecule has 1 aliphatic heterocycles. The van der Waals surface area contributed by atoms with E-state index in [0.29, 0.717) is 12.0 Å². The molecule has 0 radical (unpaired) electrons. The fourth-order valence-corrected chi connectivity index (χ4v) is 2.56. The van der Waals surface area contributed by atoms with Gasteiger partial charge in [0.2, 0.25) is 5.91 Å². The molecular weight excluding hydrogens is 226 g/mol. The van der Waals surface area contributed by atoms with E-state index in [0.717, 1.165) is 25.9 Å². The van der Waals surface area contributed by atoms with E-state index in [9.17, 15) is 4.79 Å². The molecule has 1 aliphatic rings. The van der Waals surface area contributed by atoms with E-state index in [-0.39, 0.29) is 18.0 Å². The molecule has 0 bridgehead atoms. The Morgan fingerprint density at radius 3 is 2.67 bits per heavy atom. The molecule has 0 spiro atoms. The van der Waals surface area contributed by atoms with Gasteiger partial charge in [-0.25, -0.2) is 0 Å². The summed E-state index contributed by atoms with van der Waals surface area (Å²) in [7, 11) is 0. The molecule has 0 saturated carbocycles.